The summed E-state index contributed by atoms with van der Waals surface area (Å²) in [5, 5.41) is 3.07. The standard InChI is InChI=1S/C26H28N2O3/c29-26(24-12-6-7-13-25(24)31-20-21-8-2-1-3-9-21)27-18-22-10-4-5-11-23(22)19-28-14-16-30-17-15-28/h1-13H,14-20H2,(H,27,29). The van der Waals surface area contributed by atoms with Crippen LogP contribution in [0.25, 0.3) is 0 Å². The molecule has 5 heteroatoms. The van der Waals surface area contributed by atoms with Crippen LogP contribution in [0, 0.1) is 0 Å². The van der Waals surface area contributed by atoms with Gasteiger partial charge >= 0.3 is 0 Å². The Morgan fingerprint density at radius 1 is 0.871 bits per heavy atom. The van der Waals surface area contributed by atoms with Gasteiger partial charge in [0, 0.05) is 26.2 Å². The first kappa shape index (κ1) is 21.1. The SMILES string of the molecule is O=C(NCc1ccccc1CN1CCOCC1)c1ccccc1OCc1ccccc1. The minimum Gasteiger partial charge on any atom is -0.488 e. The fourth-order valence-corrected chi connectivity index (χ4v) is 3.67. The minimum atomic E-state index is -0.134. The Morgan fingerprint density at radius 3 is 2.35 bits per heavy atom. The van der Waals surface area contributed by atoms with Crippen LogP contribution < -0.4 is 10.1 Å². The van der Waals surface area contributed by atoms with Gasteiger partial charge in [-0.15, -0.1) is 0 Å². The van der Waals surface area contributed by atoms with Crippen molar-refractivity contribution >= 4 is 5.91 Å². The molecular formula is C26H28N2O3. The van der Waals surface area contributed by atoms with Crippen LogP contribution in [-0.2, 0) is 24.4 Å². The van der Waals surface area contributed by atoms with E-state index in [1.165, 1.54) is 5.56 Å². The Kier molecular flexibility index (Phi) is 7.32. The van der Waals surface area contributed by atoms with Gasteiger partial charge in [-0.05, 0) is 28.8 Å². The normalized spacial score (nSPS) is 14.2. The highest BCUT2D eigenvalue weighted by Gasteiger charge is 2.15. The first-order chi connectivity index (χ1) is 15.3. The van der Waals surface area contributed by atoms with Gasteiger partial charge in [0.05, 0.1) is 18.8 Å². The van der Waals surface area contributed by atoms with Crippen molar-refractivity contribution in [2.45, 2.75) is 19.7 Å². The summed E-state index contributed by atoms with van der Waals surface area (Å²) in [5.41, 5.74) is 3.97. The summed E-state index contributed by atoms with van der Waals surface area (Å²) in [5.74, 6) is 0.454. The number of rotatable bonds is 8. The molecule has 3 aromatic rings. The van der Waals surface area contributed by atoms with Crippen molar-refractivity contribution in [2.75, 3.05) is 26.3 Å². The molecule has 1 fully saturated rings. The lowest BCUT2D eigenvalue weighted by atomic mass is 10.1. The second-order valence-corrected chi connectivity index (χ2v) is 7.61. The minimum absolute atomic E-state index is 0.134. The van der Waals surface area contributed by atoms with Gasteiger partial charge in [-0.1, -0.05) is 66.7 Å². The first-order valence-corrected chi connectivity index (χ1v) is 10.7. The van der Waals surface area contributed by atoms with Gasteiger partial charge in [-0.25, -0.2) is 0 Å². The van der Waals surface area contributed by atoms with Gasteiger partial charge < -0.3 is 14.8 Å². The predicted octanol–water partition coefficient (Wildman–Crippen LogP) is 4.03. The number of hydrogen-bond donors (Lipinski definition) is 1. The molecule has 160 valence electrons. The second kappa shape index (κ2) is 10.8. The molecule has 1 saturated heterocycles. The average Bonchev–Trinajstić information content (AvgIpc) is 2.83. The van der Waals surface area contributed by atoms with Crippen molar-refractivity contribution in [3.63, 3.8) is 0 Å². The zero-order valence-electron chi connectivity index (χ0n) is 17.6. The average molecular weight is 417 g/mol. The topological polar surface area (TPSA) is 50.8 Å². The molecule has 5 nitrogen and oxygen atoms in total. The maximum absolute atomic E-state index is 12.9. The van der Waals surface area contributed by atoms with Gasteiger partial charge in [-0.3, -0.25) is 9.69 Å². The van der Waals surface area contributed by atoms with Crippen LogP contribution in [0.1, 0.15) is 27.0 Å². The van der Waals surface area contributed by atoms with Crippen LogP contribution in [0.15, 0.2) is 78.9 Å². The zero-order valence-corrected chi connectivity index (χ0v) is 17.6. The predicted molar refractivity (Wildman–Crippen MR) is 121 cm³/mol. The van der Waals surface area contributed by atoms with Crippen LogP contribution in [-0.4, -0.2) is 37.1 Å². The lowest BCUT2D eigenvalue weighted by Crippen LogP contribution is -2.36. The Bertz CT molecular complexity index is 985. The molecule has 0 aliphatic carbocycles. The fraction of sp³-hybridized carbons (Fsp3) is 0.269. The monoisotopic (exact) mass is 416 g/mol. The maximum Gasteiger partial charge on any atom is 0.255 e. The summed E-state index contributed by atoms with van der Waals surface area (Å²) in [4.78, 5) is 15.3. The molecule has 0 atom stereocenters. The molecule has 0 unspecified atom stereocenters. The van der Waals surface area contributed by atoms with Gasteiger partial charge in [0.25, 0.3) is 5.91 Å². The van der Waals surface area contributed by atoms with Gasteiger partial charge in [0.1, 0.15) is 12.4 Å². The highest BCUT2D eigenvalue weighted by molar-refractivity contribution is 5.96. The van der Waals surface area contributed by atoms with Crippen LogP contribution >= 0.6 is 0 Å². The molecule has 3 aromatic carbocycles. The van der Waals surface area contributed by atoms with E-state index >= 15 is 0 Å². The molecule has 1 amide bonds. The number of nitrogens with one attached hydrogen (secondary N) is 1. The van der Waals surface area contributed by atoms with Crippen molar-refractivity contribution in [1.82, 2.24) is 10.2 Å². The van der Waals surface area contributed by atoms with Crippen molar-refractivity contribution in [1.29, 1.82) is 0 Å². The van der Waals surface area contributed by atoms with Gasteiger partial charge in [0.2, 0.25) is 0 Å². The van der Waals surface area contributed by atoms with Crippen molar-refractivity contribution in [3.8, 4) is 5.75 Å². The van der Waals surface area contributed by atoms with E-state index in [4.69, 9.17) is 9.47 Å². The molecule has 0 saturated carbocycles. The van der Waals surface area contributed by atoms with Crippen LogP contribution in [0.5, 0.6) is 5.75 Å². The van der Waals surface area contributed by atoms with E-state index in [1.807, 2.05) is 60.7 Å². The molecule has 0 bridgehead atoms. The highest BCUT2D eigenvalue weighted by Crippen LogP contribution is 2.20. The Balaban J connectivity index is 1.39. The second-order valence-electron chi connectivity index (χ2n) is 7.61. The smallest absolute Gasteiger partial charge is 0.255 e. The summed E-state index contributed by atoms with van der Waals surface area (Å²) in [7, 11) is 0. The number of benzene rings is 3. The fourth-order valence-electron chi connectivity index (χ4n) is 3.67. The summed E-state index contributed by atoms with van der Waals surface area (Å²) in [6.07, 6.45) is 0. The molecule has 1 heterocycles. The molecule has 1 aliphatic rings. The third-order valence-corrected chi connectivity index (χ3v) is 5.42. The summed E-state index contributed by atoms with van der Waals surface area (Å²) in [6, 6.07) is 25.6. The number of carbonyl (C=O) groups excluding carboxylic acids is 1. The number of carbonyl (C=O) groups is 1. The van der Waals surface area contributed by atoms with E-state index in [9.17, 15) is 4.79 Å². The van der Waals surface area contributed by atoms with Crippen LogP contribution in [0.2, 0.25) is 0 Å². The molecule has 4 rings (SSSR count). The van der Waals surface area contributed by atoms with E-state index in [0.717, 1.165) is 44.0 Å². The highest BCUT2D eigenvalue weighted by atomic mass is 16.5. The molecule has 1 N–H and O–H groups in total. The quantitative estimate of drug-likeness (QED) is 0.602. The third-order valence-electron chi connectivity index (χ3n) is 5.42. The van der Waals surface area contributed by atoms with Crippen molar-refractivity contribution < 1.29 is 14.3 Å². The van der Waals surface area contributed by atoms with Gasteiger partial charge in [0.15, 0.2) is 0 Å². The lowest BCUT2D eigenvalue weighted by molar-refractivity contribution is 0.0340. The Morgan fingerprint density at radius 2 is 1.55 bits per heavy atom. The number of nitrogens with zero attached hydrogens (tertiary/aromatic N) is 1. The lowest BCUT2D eigenvalue weighted by Gasteiger charge is -2.27. The summed E-state index contributed by atoms with van der Waals surface area (Å²) >= 11 is 0. The van der Waals surface area contributed by atoms with E-state index in [2.05, 4.69) is 22.3 Å². The Hall–Kier alpha value is -3.15. The molecule has 0 spiro atoms. The van der Waals surface area contributed by atoms with Crippen LogP contribution in [0.3, 0.4) is 0 Å². The number of morpholine rings is 1. The molecular weight excluding hydrogens is 388 g/mol. The molecule has 31 heavy (non-hydrogen) atoms. The first-order valence-electron chi connectivity index (χ1n) is 10.7. The number of hydrogen-bond acceptors (Lipinski definition) is 4. The zero-order chi connectivity index (χ0) is 21.3. The number of ether oxygens (including phenoxy) is 2. The largest absolute Gasteiger partial charge is 0.488 e. The van der Waals surface area contributed by atoms with E-state index in [0.29, 0.717) is 24.5 Å². The van der Waals surface area contributed by atoms with Crippen LogP contribution in [0.4, 0.5) is 0 Å². The van der Waals surface area contributed by atoms with Gasteiger partial charge in [-0.2, -0.15) is 0 Å². The third kappa shape index (κ3) is 5.94. The van der Waals surface area contributed by atoms with E-state index in [1.54, 1.807) is 6.07 Å². The number of amides is 1. The maximum atomic E-state index is 12.9. The number of para-hydroxylation sites is 1. The molecule has 1 aliphatic heterocycles. The van der Waals surface area contributed by atoms with Crippen molar-refractivity contribution in [2.24, 2.45) is 0 Å². The van der Waals surface area contributed by atoms with Crippen molar-refractivity contribution in [3.05, 3.63) is 101 Å². The summed E-state index contributed by atoms with van der Waals surface area (Å²) < 4.78 is 11.4. The van der Waals surface area contributed by atoms with E-state index < -0.39 is 0 Å². The van der Waals surface area contributed by atoms with E-state index in [-0.39, 0.29) is 5.91 Å². The Labute approximate surface area is 183 Å². The summed E-state index contributed by atoms with van der Waals surface area (Å²) in [6.45, 7) is 5.20. The molecule has 0 radical (unpaired) electrons. The molecule has 0 aromatic heterocycles.